The summed E-state index contributed by atoms with van der Waals surface area (Å²) in [5.74, 6) is 8.60. The summed E-state index contributed by atoms with van der Waals surface area (Å²) in [6, 6.07) is 11.9. The van der Waals surface area contributed by atoms with Crippen LogP contribution in [0.5, 0.6) is 5.75 Å². The molecule has 2 aromatic rings. The lowest BCUT2D eigenvalue weighted by atomic mass is 9.71. The van der Waals surface area contributed by atoms with Gasteiger partial charge < -0.3 is 9.47 Å². The number of hydrogen-bond donors (Lipinski definition) is 0. The van der Waals surface area contributed by atoms with E-state index in [4.69, 9.17) is 9.47 Å². The van der Waals surface area contributed by atoms with Crippen molar-refractivity contribution in [1.29, 1.82) is 0 Å². The molecule has 34 heavy (non-hydrogen) atoms. The zero-order chi connectivity index (χ0) is 24.4. The van der Waals surface area contributed by atoms with Crippen molar-refractivity contribution in [3.63, 3.8) is 0 Å². The number of thioether (sulfide) groups is 1. The minimum Gasteiger partial charge on any atom is -0.493 e. The molecular formula is C30H38O3S. The van der Waals surface area contributed by atoms with Gasteiger partial charge >= 0.3 is 5.97 Å². The van der Waals surface area contributed by atoms with E-state index in [9.17, 15) is 4.79 Å². The number of carbonyl (C=O) groups excluding carboxylic acids is 1. The molecule has 0 N–H and O–H groups in total. The monoisotopic (exact) mass is 478 g/mol. The topological polar surface area (TPSA) is 35.5 Å². The first-order valence-corrected chi connectivity index (χ1v) is 13.8. The van der Waals surface area contributed by atoms with Gasteiger partial charge in [0.15, 0.2) is 0 Å². The average molecular weight is 479 g/mol. The molecule has 0 bridgehead atoms. The third-order valence-electron chi connectivity index (χ3n) is 6.84. The van der Waals surface area contributed by atoms with Gasteiger partial charge in [0, 0.05) is 27.0 Å². The summed E-state index contributed by atoms with van der Waals surface area (Å²) in [4.78, 5) is 13.1. The molecule has 0 radical (unpaired) electrons. The second kappa shape index (κ2) is 12.9. The first-order valence-electron chi connectivity index (χ1n) is 12.8. The van der Waals surface area contributed by atoms with Crippen molar-refractivity contribution >= 4 is 17.7 Å². The zero-order valence-corrected chi connectivity index (χ0v) is 22.0. The first-order chi connectivity index (χ1) is 16.6. The van der Waals surface area contributed by atoms with Crippen LogP contribution in [0, 0.1) is 11.8 Å². The fraction of sp³-hybridized carbons (Fsp3) is 0.500. The number of carbonyl (C=O) groups is 1. The molecule has 3 nitrogen and oxygen atoms in total. The zero-order valence-electron chi connectivity index (χ0n) is 21.2. The Balaban J connectivity index is 1.92. The van der Waals surface area contributed by atoms with Gasteiger partial charge in [-0.1, -0.05) is 51.9 Å². The maximum absolute atomic E-state index is 11.9. The Bertz CT molecular complexity index is 1010. The molecule has 0 aromatic heterocycles. The van der Waals surface area contributed by atoms with Crippen molar-refractivity contribution in [1.82, 2.24) is 0 Å². The van der Waals surface area contributed by atoms with E-state index < -0.39 is 0 Å². The van der Waals surface area contributed by atoms with Crippen molar-refractivity contribution < 1.29 is 14.3 Å². The van der Waals surface area contributed by atoms with Crippen LogP contribution in [0.15, 0.2) is 41.3 Å². The average Bonchev–Trinajstić information content (AvgIpc) is 2.87. The molecule has 182 valence electrons. The standard InChI is InChI=1S/C30H38O3S/c1-5-9-10-11-20-34-28-22-27-26(30(6-2,7-3)18-19-33-27)21-25(28)17-14-23-12-15-24(16-13-23)29(31)32-8-4/h12-13,15-16,21-22H,5-11,18-20H2,1-4H3. The van der Waals surface area contributed by atoms with E-state index in [2.05, 4.69) is 44.7 Å². The van der Waals surface area contributed by atoms with Crippen molar-refractivity contribution in [2.45, 2.75) is 83.0 Å². The quantitative estimate of drug-likeness (QED) is 0.151. The Labute approximate surface area is 210 Å². The van der Waals surface area contributed by atoms with Crippen LogP contribution in [-0.2, 0) is 10.2 Å². The normalized spacial score (nSPS) is 13.9. The molecule has 0 atom stereocenters. The number of hydrogen-bond acceptors (Lipinski definition) is 4. The Hall–Kier alpha value is -2.38. The Morgan fingerprint density at radius 3 is 2.47 bits per heavy atom. The number of unbranched alkanes of at least 4 members (excludes halogenated alkanes) is 3. The summed E-state index contributed by atoms with van der Waals surface area (Å²) in [6.45, 7) is 9.78. The summed E-state index contributed by atoms with van der Waals surface area (Å²) in [5.41, 5.74) is 3.98. The largest absolute Gasteiger partial charge is 0.493 e. The molecule has 0 saturated carbocycles. The van der Waals surface area contributed by atoms with E-state index in [-0.39, 0.29) is 11.4 Å². The van der Waals surface area contributed by atoms with E-state index >= 15 is 0 Å². The minimum absolute atomic E-state index is 0.162. The molecule has 4 heteroatoms. The van der Waals surface area contributed by atoms with Gasteiger partial charge in [-0.05, 0) is 74.8 Å². The fourth-order valence-corrected chi connectivity index (χ4v) is 5.57. The molecule has 0 fully saturated rings. The van der Waals surface area contributed by atoms with E-state index in [1.54, 1.807) is 12.1 Å². The van der Waals surface area contributed by atoms with Gasteiger partial charge in [0.1, 0.15) is 5.75 Å². The molecule has 1 aliphatic rings. The lowest BCUT2D eigenvalue weighted by Gasteiger charge is -2.38. The van der Waals surface area contributed by atoms with Crippen LogP contribution >= 0.6 is 11.8 Å². The van der Waals surface area contributed by atoms with Gasteiger partial charge in [0.05, 0.1) is 18.8 Å². The van der Waals surface area contributed by atoms with Gasteiger partial charge in [0.25, 0.3) is 0 Å². The Morgan fingerprint density at radius 2 is 1.79 bits per heavy atom. The molecule has 2 aromatic carbocycles. The first kappa shape index (κ1) is 26.2. The molecule has 1 heterocycles. The molecule has 3 rings (SSSR count). The Morgan fingerprint density at radius 1 is 1.03 bits per heavy atom. The maximum atomic E-state index is 11.9. The van der Waals surface area contributed by atoms with Gasteiger partial charge in [0.2, 0.25) is 0 Å². The van der Waals surface area contributed by atoms with Gasteiger partial charge in [-0.25, -0.2) is 4.79 Å². The molecular weight excluding hydrogens is 440 g/mol. The predicted octanol–water partition coefficient (Wildman–Crippen LogP) is 7.78. The summed E-state index contributed by atoms with van der Waals surface area (Å²) in [7, 11) is 0. The van der Waals surface area contributed by atoms with Gasteiger partial charge in [-0.15, -0.1) is 11.8 Å². The molecule has 0 amide bonds. The van der Waals surface area contributed by atoms with E-state index in [1.165, 1.54) is 36.1 Å². The highest BCUT2D eigenvalue weighted by Gasteiger charge is 2.35. The van der Waals surface area contributed by atoms with Crippen LogP contribution in [0.4, 0.5) is 0 Å². The van der Waals surface area contributed by atoms with E-state index in [0.717, 1.165) is 48.5 Å². The van der Waals surface area contributed by atoms with Gasteiger partial charge in [-0.2, -0.15) is 0 Å². The van der Waals surface area contributed by atoms with Crippen LogP contribution < -0.4 is 4.74 Å². The lowest BCUT2D eigenvalue weighted by Crippen LogP contribution is -2.32. The summed E-state index contributed by atoms with van der Waals surface area (Å²) < 4.78 is 11.2. The second-order valence-electron chi connectivity index (χ2n) is 8.89. The number of ether oxygens (including phenoxy) is 2. The van der Waals surface area contributed by atoms with Crippen molar-refractivity contribution in [2.24, 2.45) is 0 Å². The number of esters is 1. The third kappa shape index (κ3) is 6.39. The van der Waals surface area contributed by atoms with E-state index in [0.29, 0.717) is 12.2 Å². The number of fused-ring (bicyclic) bond motifs is 1. The highest BCUT2D eigenvalue weighted by molar-refractivity contribution is 7.99. The summed E-state index contributed by atoms with van der Waals surface area (Å²) >= 11 is 1.89. The van der Waals surface area contributed by atoms with Crippen LogP contribution in [0.2, 0.25) is 0 Å². The number of benzene rings is 2. The van der Waals surface area contributed by atoms with Crippen molar-refractivity contribution in [2.75, 3.05) is 19.0 Å². The molecule has 0 unspecified atom stereocenters. The highest BCUT2D eigenvalue weighted by Crippen LogP contribution is 2.46. The molecule has 0 aliphatic carbocycles. The molecule has 1 aliphatic heterocycles. The highest BCUT2D eigenvalue weighted by atomic mass is 32.2. The molecule has 0 spiro atoms. The number of rotatable bonds is 10. The van der Waals surface area contributed by atoms with E-state index in [1.807, 2.05) is 30.8 Å². The van der Waals surface area contributed by atoms with Crippen LogP contribution in [0.25, 0.3) is 0 Å². The predicted molar refractivity (Wildman–Crippen MR) is 142 cm³/mol. The second-order valence-corrected chi connectivity index (χ2v) is 10.0. The maximum Gasteiger partial charge on any atom is 0.338 e. The smallest absolute Gasteiger partial charge is 0.338 e. The van der Waals surface area contributed by atoms with Crippen LogP contribution in [0.1, 0.15) is 99.7 Å². The Kier molecular flexibility index (Phi) is 9.96. The van der Waals surface area contributed by atoms with Crippen molar-refractivity contribution in [3.05, 3.63) is 58.7 Å². The summed E-state index contributed by atoms with van der Waals surface area (Å²) in [6.07, 6.45) is 8.28. The SMILES string of the molecule is CCCCCCSc1cc2c(cc1C#Cc1ccc(C(=O)OCC)cc1)C(CC)(CC)CCO2. The minimum atomic E-state index is -0.297. The fourth-order valence-electron chi connectivity index (χ4n) is 4.54. The van der Waals surface area contributed by atoms with Crippen LogP contribution in [0.3, 0.4) is 0 Å². The van der Waals surface area contributed by atoms with Crippen molar-refractivity contribution in [3.8, 4) is 17.6 Å². The summed E-state index contributed by atoms with van der Waals surface area (Å²) in [5, 5.41) is 0. The van der Waals surface area contributed by atoms with Crippen LogP contribution in [-0.4, -0.2) is 24.9 Å². The van der Waals surface area contributed by atoms with Gasteiger partial charge in [-0.3, -0.25) is 0 Å². The third-order valence-corrected chi connectivity index (χ3v) is 7.98. The lowest BCUT2D eigenvalue weighted by molar-refractivity contribution is 0.0526. The molecule has 0 saturated heterocycles.